The van der Waals surface area contributed by atoms with Crippen molar-refractivity contribution in [3.8, 4) is 0 Å². The maximum atomic E-state index is 6.72. The van der Waals surface area contributed by atoms with E-state index in [4.69, 9.17) is 5.41 Å². The Balaban J connectivity index is 0.000000293. The average Bonchev–Trinajstić information content (AvgIpc) is 2.34. The van der Waals surface area contributed by atoms with Gasteiger partial charge in [0.25, 0.3) is 0 Å². The van der Waals surface area contributed by atoms with E-state index in [0.717, 1.165) is 5.57 Å². The summed E-state index contributed by atoms with van der Waals surface area (Å²) < 4.78 is 0. The van der Waals surface area contributed by atoms with Gasteiger partial charge in [-0.05, 0) is 24.5 Å². The van der Waals surface area contributed by atoms with E-state index >= 15 is 0 Å². The van der Waals surface area contributed by atoms with Gasteiger partial charge in [-0.25, -0.2) is 0 Å². The minimum Gasteiger partial charge on any atom is -0.308 e. The normalized spacial score (nSPS) is 10.3. The second-order valence-corrected chi connectivity index (χ2v) is 3.72. The second-order valence-electron chi connectivity index (χ2n) is 3.40. The summed E-state index contributed by atoms with van der Waals surface area (Å²) in [6.07, 6.45) is 5.64. The molecule has 1 aromatic rings. The highest BCUT2D eigenvalue weighted by atomic mass is 32.1. The Hall–Kier alpha value is -1.02. The molecule has 0 radical (unpaired) electrons. The van der Waals surface area contributed by atoms with Crippen LogP contribution in [0.3, 0.4) is 0 Å². The third kappa shape index (κ3) is 7.30. The van der Waals surface area contributed by atoms with Crippen molar-refractivity contribution < 1.29 is 0 Å². The fourth-order valence-corrected chi connectivity index (χ4v) is 1.43. The van der Waals surface area contributed by atoms with E-state index in [0.29, 0.717) is 5.75 Å². The van der Waals surface area contributed by atoms with E-state index in [9.17, 15) is 0 Å². The maximum Gasteiger partial charge on any atom is 0.0214 e. The van der Waals surface area contributed by atoms with Crippen molar-refractivity contribution >= 4 is 18.8 Å². The van der Waals surface area contributed by atoms with Crippen molar-refractivity contribution in [1.82, 2.24) is 0 Å². The summed E-state index contributed by atoms with van der Waals surface area (Å²) in [7, 11) is 0. The van der Waals surface area contributed by atoms with E-state index in [2.05, 4.69) is 49.9 Å². The monoisotopic (exact) mass is 235 g/mol. The molecule has 0 aliphatic carbocycles. The van der Waals surface area contributed by atoms with E-state index in [1.807, 2.05) is 13.0 Å². The number of hydrogen-bond donors (Lipinski definition) is 2. The van der Waals surface area contributed by atoms with Crippen LogP contribution in [0.25, 0.3) is 0 Å². The highest BCUT2D eigenvalue weighted by molar-refractivity contribution is 7.80. The van der Waals surface area contributed by atoms with Gasteiger partial charge < -0.3 is 5.41 Å². The molecule has 0 atom stereocenters. The molecular formula is C14H21NS. The summed E-state index contributed by atoms with van der Waals surface area (Å²) in [5.41, 5.74) is 2.41. The second kappa shape index (κ2) is 10.5. The highest BCUT2D eigenvalue weighted by Crippen LogP contribution is 2.00. The Morgan fingerprint density at radius 1 is 1.31 bits per heavy atom. The molecule has 0 fully saturated rings. The standard InChI is InChI=1S/C9H12.C5H9NS/c1-2-6-9-7-4-3-5-8-9;1-2-5(3-6)4-7/h3-5,7-8H,2,6H2,1H3;2-3,6-7H,4H2,1H3/b;5-2+,6-3?. The van der Waals surface area contributed by atoms with Gasteiger partial charge in [-0.1, -0.05) is 49.8 Å². The van der Waals surface area contributed by atoms with Crippen molar-refractivity contribution in [2.45, 2.75) is 26.7 Å². The first-order valence-electron chi connectivity index (χ1n) is 5.58. The molecule has 0 saturated carbocycles. The minimum absolute atomic E-state index is 0.667. The van der Waals surface area contributed by atoms with Gasteiger partial charge in [0.2, 0.25) is 0 Å². The highest BCUT2D eigenvalue weighted by Gasteiger charge is 1.84. The first-order chi connectivity index (χ1) is 7.78. The Morgan fingerprint density at radius 2 is 1.94 bits per heavy atom. The van der Waals surface area contributed by atoms with Crippen LogP contribution < -0.4 is 0 Å². The zero-order valence-corrected chi connectivity index (χ0v) is 11.0. The van der Waals surface area contributed by atoms with E-state index in [-0.39, 0.29) is 0 Å². The van der Waals surface area contributed by atoms with Crippen LogP contribution in [-0.2, 0) is 6.42 Å². The van der Waals surface area contributed by atoms with Crippen LogP contribution in [-0.4, -0.2) is 12.0 Å². The maximum absolute atomic E-state index is 6.72. The summed E-state index contributed by atoms with van der Waals surface area (Å²) in [5, 5.41) is 6.72. The quantitative estimate of drug-likeness (QED) is 0.578. The minimum atomic E-state index is 0.667. The van der Waals surface area contributed by atoms with Crippen LogP contribution in [0, 0.1) is 5.41 Å². The van der Waals surface area contributed by atoms with Crippen molar-refractivity contribution in [2.24, 2.45) is 0 Å². The molecule has 88 valence electrons. The number of hydrogen-bond acceptors (Lipinski definition) is 2. The van der Waals surface area contributed by atoms with E-state index in [1.165, 1.54) is 24.6 Å². The molecule has 0 saturated heterocycles. The van der Waals surface area contributed by atoms with Gasteiger partial charge in [-0.2, -0.15) is 12.6 Å². The van der Waals surface area contributed by atoms with Gasteiger partial charge in [0.15, 0.2) is 0 Å². The average molecular weight is 235 g/mol. The lowest BCUT2D eigenvalue weighted by Gasteiger charge is -1.93. The Kier molecular flexibility index (Phi) is 9.83. The van der Waals surface area contributed by atoms with Crippen molar-refractivity contribution in [3.63, 3.8) is 0 Å². The van der Waals surface area contributed by atoms with E-state index in [1.54, 1.807) is 0 Å². The Labute approximate surface area is 105 Å². The summed E-state index contributed by atoms with van der Waals surface area (Å²) in [6, 6.07) is 10.6. The zero-order chi connectivity index (χ0) is 12.2. The predicted molar refractivity (Wildman–Crippen MR) is 76.8 cm³/mol. The molecule has 0 spiro atoms. The molecule has 0 amide bonds. The number of allylic oxidation sites excluding steroid dienone is 1. The Morgan fingerprint density at radius 3 is 2.25 bits per heavy atom. The molecule has 0 aliphatic heterocycles. The van der Waals surface area contributed by atoms with Crippen molar-refractivity contribution in [1.29, 1.82) is 5.41 Å². The number of aryl methyl sites for hydroxylation is 1. The molecule has 1 aromatic carbocycles. The number of thiol groups is 1. The first-order valence-corrected chi connectivity index (χ1v) is 6.22. The van der Waals surface area contributed by atoms with Gasteiger partial charge in [-0.3, -0.25) is 0 Å². The van der Waals surface area contributed by atoms with Gasteiger partial charge in [0, 0.05) is 12.0 Å². The number of rotatable bonds is 4. The summed E-state index contributed by atoms with van der Waals surface area (Å²) in [5.74, 6) is 0.667. The number of nitrogens with one attached hydrogen (secondary N) is 1. The largest absolute Gasteiger partial charge is 0.308 e. The van der Waals surface area contributed by atoms with Gasteiger partial charge in [-0.15, -0.1) is 0 Å². The first kappa shape index (κ1) is 15.0. The van der Waals surface area contributed by atoms with Gasteiger partial charge >= 0.3 is 0 Å². The smallest absolute Gasteiger partial charge is 0.0214 e. The van der Waals surface area contributed by atoms with Crippen LogP contribution in [0.1, 0.15) is 25.8 Å². The Bertz CT molecular complexity index is 304. The molecule has 0 heterocycles. The molecule has 1 N–H and O–H groups in total. The lowest BCUT2D eigenvalue weighted by Crippen LogP contribution is -1.81. The molecule has 0 aromatic heterocycles. The van der Waals surface area contributed by atoms with Crippen LogP contribution >= 0.6 is 12.6 Å². The predicted octanol–water partition coefficient (Wildman–Crippen LogP) is 4.15. The molecule has 0 aliphatic rings. The van der Waals surface area contributed by atoms with Crippen molar-refractivity contribution in [3.05, 3.63) is 47.5 Å². The molecule has 2 heteroatoms. The summed E-state index contributed by atoms with van der Waals surface area (Å²) >= 11 is 3.96. The molecule has 1 nitrogen and oxygen atoms in total. The lowest BCUT2D eigenvalue weighted by atomic mass is 10.1. The third-order valence-corrected chi connectivity index (χ3v) is 2.49. The molecular weight excluding hydrogens is 214 g/mol. The molecule has 0 bridgehead atoms. The van der Waals surface area contributed by atoms with Gasteiger partial charge in [0.05, 0.1) is 0 Å². The summed E-state index contributed by atoms with van der Waals surface area (Å²) in [6.45, 7) is 4.10. The van der Waals surface area contributed by atoms with Crippen molar-refractivity contribution in [2.75, 3.05) is 5.75 Å². The third-order valence-electron chi connectivity index (χ3n) is 2.12. The van der Waals surface area contributed by atoms with Gasteiger partial charge in [0.1, 0.15) is 0 Å². The van der Waals surface area contributed by atoms with Crippen LogP contribution in [0.4, 0.5) is 0 Å². The molecule has 16 heavy (non-hydrogen) atoms. The summed E-state index contributed by atoms with van der Waals surface area (Å²) in [4.78, 5) is 0. The molecule has 1 rings (SSSR count). The SMILES string of the molecule is C/C=C(\C=N)CS.CCCc1ccccc1. The molecule has 0 unspecified atom stereocenters. The van der Waals surface area contributed by atoms with E-state index < -0.39 is 0 Å². The fourth-order valence-electron chi connectivity index (χ4n) is 1.15. The number of benzene rings is 1. The van der Waals surface area contributed by atoms with Crippen LogP contribution in [0.5, 0.6) is 0 Å². The zero-order valence-electron chi connectivity index (χ0n) is 10.1. The fraction of sp³-hybridized carbons (Fsp3) is 0.357. The topological polar surface area (TPSA) is 23.9 Å². The van der Waals surface area contributed by atoms with Crippen LogP contribution in [0.15, 0.2) is 42.0 Å². The van der Waals surface area contributed by atoms with Crippen LogP contribution in [0.2, 0.25) is 0 Å². The lowest BCUT2D eigenvalue weighted by molar-refractivity contribution is 0.922.